The fourth-order valence-corrected chi connectivity index (χ4v) is 2.99. The summed E-state index contributed by atoms with van der Waals surface area (Å²) in [4.78, 5) is 14.7. The maximum atomic E-state index is 12.8. The Morgan fingerprint density at radius 1 is 1.35 bits per heavy atom. The Hall–Kier alpha value is -0.570. The molecule has 0 aliphatic carbocycles. The van der Waals surface area contributed by atoms with Crippen LogP contribution in [0.5, 0.6) is 0 Å². The Bertz CT molecular complexity index is 253. The van der Waals surface area contributed by atoms with Crippen LogP contribution in [0, 0.1) is 11.3 Å². The van der Waals surface area contributed by atoms with Crippen molar-refractivity contribution in [2.75, 3.05) is 20.1 Å². The molecule has 1 heterocycles. The molecule has 0 bridgehead atoms. The standard InChI is InChI=1S/C14H28N2O/c1-6-12(7-2)16(5)13(17)14(11(3)4)8-9-15-10-14/h11-12,15H,6-10H2,1-5H3. The second kappa shape index (κ2) is 5.85. The first-order valence-corrected chi connectivity index (χ1v) is 6.97. The summed E-state index contributed by atoms with van der Waals surface area (Å²) in [6.45, 7) is 10.5. The number of nitrogens with zero attached hydrogens (tertiary/aromatic N) is 1. The number of carbonyl (C=O) groups is 1. The Morgan fingerprint density at radius 3 is 2.29 bits per heavy atom. The molecule has 1 fully saturated rings. The van der Waals surface area contributed by atoms with Crippen molar-refractivity contribution in [3.63, 3.8) is 0 Å². The molecule has 0 saturated carbocycles. The average Bonchev–Trinajstić information content (AvgIpc) is 2.79. The molecular weight excluding hydrogens is 212 g/mol. The Labute approximate surface area is 106 Å². The van der Waals surface area contributed by atoms with Crippen molar-refractivity contribution in [2.24, 2.45) is 11.3 Å². The monoisotopic (exact) mass is 240 g/mol. The molecule has 0 radical (unpaired) electrons. The first-order chi connectivity index (χ1) is 7.99. The lowest BCUT2D eigenvalue weighted by Gasteiger charge is -2.38. The van der Waals surface area contributed by atoms with Crippen LogP contribution >= 0.6 is 0 Å². The maximum absolute atomic E-state index is 12.8. The van der Waals surface area contributed by atoms with Crippen molar-refractivity contribution < 1.29 is 4.79 Å². The van der Waals surface area contributed by atoms with E-state index in [1.165, 1.54) is 0 Å². The minimum atomic E-state index is -0.169. The van der Waals surface area contributed by atoms with Crippen LogP contribution in [0.1, 0.15) is 47.0 Å². The van der Waals surface area contributed by atoms with E-state index in [-0.39, 0.29) is 5.41 Å². The van der Waals surface area contributed by atoms with Crippen molar-refractivity contribution in [1.29, 1.82) is 0 Å². The molecule has 100 valence electrons. The summed E-state index contributed by atoms with van der Waals surface area (Å²) in [6, 6.07) is 0.388. The molecule has 1 N–H and O–H groups in total. The third-order valence-electron chi connectivity index (χ3n) is 4.53. The fourth-order valence-electron chi connectivity index (χ4n) is 2.99. The third kappa shape index (κ3) is 2.65. The van der Waals surface area contributed by atoms with Gasteiger partial charge in [-0.15, -0.1) is 0 Å². The van der Waals surface area contributed by atoms with Crippen LogP contribution in [0.15, 0.2) is 0 Å². The van der Waals surface area contributed by atoms with Crippen LogP contribution in [-0.4, -0.2) is 37.0 Å². The van der Waals surface area contributed by atoms with Crippen molar-refractivity contribution in [3.05, 3.63) is 0 Å². The summed E-state index contributed by atoms with van der Waals surface area (Å²) in [6.07, 6.45) is 3.06. The molecule has 1 saturated heterocycles. The van der Waals surface area contributed by atoms with Crippen LogP contribution < -0.4 is 5.32 Å². The van der Waals surface area contributed by atoms with Crippen LogP contribution in [0.3, 0.4) is 0 Å². The molecule has 3 heteroatoms. The summed E-state index contributed by atoms with van der Waals surface area (Å²) in [5, 5.41) is 3.36. The first-order valence-electron chi connectivity index (χ1n) is 6.97. The highest BCUT2D eigenvalue weighted by Crippen LogP contribution is 2.36. The zero-order chi connectivity index (χ0) is 13.1. The Kier molecular flexibility index (Phi) is 4.99. The molecule has 1 aliphatic rings. The van der Waals surface area contributed by atoms with E-state index < -0.39 is 0 Å². The van der Waals surface area contributed by atoms with E-state index in [0.29, 0.717) is 17.9 Å². The van der Waals surface area contributed by atoms with Gasteiger partial charge in [-0.05, 0) is 31.7 Å². The lowest BCUT2D eigenvalue weighted by Crippen LogP contribution is -2.50. The van der Waals surface area contributed by atoms with Gasteiger partial charge < -0.3 is 10.2 Å². The average molecular weight is 240 g/mol. The normalized spacial score (nSPS) is 24.6. The molecular formula is C14H28N2O. The first kappa shape index (κ1) is 14.5. The molecule has 17 heavy (non-hydrogen) atoms. The molecule has 0 aromatic heterocycles. The number of amides is 1. The van der Waals surface area contributed by atoms with Crippen molar-refractivity contribution in [2.45, 2.75) is 53.0 Å². The van der Waals surface area contributed by atoms with Crippen LogP contribution in [0.4, 0.5) is 0 Å². The van der Waals surface area contributed by atoms with E-state index in [1.54, 1.807) is 0 Å². The summed E-state index contributed by atoms with van der Waals surface area (Å²) < 4.78 is 0. The molecule has 0 spiro atoms. The second-order valence-corrected chi connectivity index (χ2v) is 5.62. The maximum Gasteiger partial charge on any atom is 0.230 e. The predicted octanol–water partition coefficient (Wildman–Crippen LogP) is 2.27. The van der Waals surface area contributed by atoms with Crippen LogP contribution in [0.25, 0.3) is 0 Å². The summed E-state index contributed by atoms with van der Waals surface area (Å²) in [7, 11) is 1.97. The third-order valence-corrected chi connectivity index (χ3v) is 4.53. The highest BCUT2D eigenvalue weighted by atomic mass is 16.2. The lowest BCUT2D eigenvalue weighted by molar-refractivity contribution is -0.144. The van der Waals surface area contributed by atoms with Gasteiger partial charge in [0.05, 0.1) is 5.41 Å². The van der Waals surface area contributed by atoms with E-state index in [9.17, 15) is 4.79 Å². The zero-order valence-electron chi connectivity index (χ0n) is 12.0. The summed E-state index contributed by atoms with van der Waals surface area (Å²) >= 11 is 0. The highest BCUT2D eigenvalue weighted by molar-refractivity contribution is 5.83. The Morgan fingerprint density at radius 2 is 1.94 bits per heavy atom. The van der Waals surface area contributed by atoms with Crippen LogP contribution in [-0.2, 0) is 4.79 Å². The molecule has 0 aromatic rings. The van der Waals surface area contributed by atoms with E-state index in [1.807, 2.05) is 11.9 Å². The molecule has 1 atom stereocenters. The van der Waals surface area contributed by atoms with Gasteiger partial charge in [0.25, 0.3) is 0 Å². The van der Waals surface area contributed by atoms with E-state index >= 15 is 0 Å². The number of nitrogens with one attached hydrogen (secondary N) is 1. The minimum absolute atomic E-state index is 0.169. The van der Waals surface area contributed by atoms with Gasteiger partial charge in [0.1, 0.15) is 0 Å². The van der Waals surface area contributed by atoms with Crippen molar-refractivity contribution in [3.8, 4) is 0 Å². The number of hydrogen-bond donors (Lipinski definition) is 1. The zero-order valence-corrected chi connectivity index (χ0v) is 12.0. The van der Waals surface area contributed by atoms with E-state index in [0.717, 1.165) is 32.4 Å². The van der Waals surface area contributed by atoms with Gasteiger partial charge in [-0.3, -0.25) is 4.79 Å². The number of hydrogen-bond acceptors (Lipinski definition) is 2. The van der Waals surface area contributed by atoms with E-state index in [2.05, 4.69) is 33.0 Å². The summed E-state index contributed by atoms with van der Waals surface area (Å²) in [5.74, 6) is 0.744. The van der Waals surface area contributed by atoms with Gasteiger partial charge in [-0.2, -0.15) is 0 Å². The molecule has 1 aliphatic heterocycles. The van der Waals surface area contributed by atoms with Gasteiger partial charge in [-0.1, -0.05) is 27.7 Å². The molecule has 1 amide bonds. The van der Waals surface area contributed by atoms with Gasteiger partial charge >= 0.3 is 0 Å². The van der Waals surface area contributed by atoms with Crippen molar-refractivity contribution in [1.82, 2.24) is 10.2 Å². The van der Waals surface area contributed by atoms with Crippen molar-refractivity contribution >= 4 is 5.91 Å². The SMILES string of the molecule is CCC(CC)N(C)C(=O)C1(C(C)C)CCNC1. The number of carbonyl (C=O) groups excluding carboxylic acids is 1. The molecule has 0 aromatic carbocycles. The molecule has 1 unspecified atom stereocenters. The highest BCUT2D eigenvalue weighted by Gasteiger charge is 2.45. The fraction of sp³-hybridized carbons (Fsp3) is 0.929. The smallest absolute Gasteiger partial charge is 0.230 e. The lowest BCUT2D eigenvalue weighted by atomic mass is 9.75. The molecule has 3 nitrogen and oxygen atoms in total. The Balaban J connectivity index is 2.85. The quantitative estimate of drug-likeness (QED) is 0.799. The van der Waals surface area contributed by atoms with E-state index in [4.69, 9.17) is 0 Å². The van der Waals surface area contributed by atoms with Gasteiger partial charge in [0.2, 0.25) is 5.91 Å². The molecule has 1 rings (SSSR count). The minimum Gasteiger partial charge on any atom is -0.342 e. The second-order valence-electron chi connectivity index (χ2n) is 5.62. The number of rotatable bonds is 5. The topological polar surface area (TPSA) is 32.3 Å². The van der Waals surface area contributed by atoms with Gasteiger partial charge in [-0.25, -0.2) is 0 Å². The largest absolute Gasteiger partial charge is 0.342 e. The van der Waals surface area contributed by atoms with Gasteiger partial charge in [0.15, 0.2) is 0 Å². The van der Waals surface area contributed by atoms with Crippen LogP contribution in [0.2, 0.25) is 0 Å². The predicted molar refractivity (Wildman–Crippen MR) is 71.9 cm³/mol. The van der Waals surface area contributed by atoms with Gasteiger partial charge in [0, 0.05) is 19.6 Å². The summed E-state index contributed by atoms with van der Waals surface area (Å²) in [5.41, 5.74) is -0.169.